The highest BCUT2D eigenvalue weighted by atomic mass is 16.6. The summed E-state index contributed by atoms with van der Waals surface area (Å²) in [7, 11) is 0. The lowest BCUT2D eigenvalue weighted by Crippen LogP contribution is -2.27. The zero-order valence-electron chi connectivity index (χ0n) is 12.5. The standard InChI is InChI=1S/C15H30O4/c1-3-5-6-7-8-9-11-18-13-14(12-16)19-15(17)10-4-2/h14,16H,3-13H2,1-2H3. The van der Waals surface area contributed by atoms with Gasteiger partial charge in [-0.3, -0.25) is 4.79 Å². The van der Waals surface area contributed by atoms with E-state index in [1.807, 2.05) is 6.92 Å². The molecule has 1 unspecified atom stereocenters. The first-order valence-corrected chi connectivity index (χ1v) is 7.62. The molecule has 0 saturated heterocycles. The van der Waals surface area contributed by atoms with Crippen molar-refractivity contribution in [1.29, 1.82) is 0 Å². The molecule has 1 N–H and O–H groups in total. The monoisotopic (exact) mass is 274 g/mol. The molecule has 0 aromatic carbocycles. The zero-order chi connectivity index (χ0) is 14.3. The van der Waals surface area contributed by atoms with Crippen LogP contribution < -0.4 is 0 Å². The van der Waals surface area contributed by atoms with Gasteiger partial charge in [0.15, 0.2) is 0 Å². The van der Waals surface area contributed by atoms with Crippen molar-refractivity contribution in [3.8, 4) is 0 Å². The maximum absolute atomic E-state index is 11.3. The predicted molar refractivity (Wildman–Crippen MR) is 76.1 cm³/mol. The summed E-state index contributed by atoms with van der Waals surface area (Å²) in [5, 5.41) is 9.09. The second-order valence-corrected chi connectivity index (χ2v) is 4.89. The summed E-state index contributed by atoms with van der Waals surface area (Å²) < 4.78 is 10.5. The van der Waals surface area contributed by atoms with E-state index in [1.165, 1.54) is 32.1 Å². The van der Waals surface area contributed by atoms with Crippen LogP contribution in [-0.2, 0) is 14.3 Å². The number of aliphatic hydroxyl groups is 1. The lowest BCUT2D eigenvalue weighted by Gasteiger charge is -2.15. The Hall–Kier alpha value is -0.610. The summed E-state index contributed by atoms with van der Waals surface area (Å²) in [6.45, 7) is 4.92. The maximum atomic E-state index is 11.3. The fraction of sp³-hybridized carbons (Fsp3) is 0.933. The van der Waals surface area contributed by atoms with Crippen LogP contribution in [0, 0.1) is 0 Å². The molecule has 0 bridgehead atoms. The minimum Gasteiger partial charge on any atom is -0.457 e. The van der Waals surface area contributed by atoms with Gasteiger partial charge in [-0.1, -0.05) is 46.0 Å². The van der Waals surface area contributed by atoms with Gasteiger partial charge >= 0.3 is 5.97 Å². The summed E-state index contributed by atoms with van der Waals surface area (Å²) in [6.07, 6.45) is 7.97. The van der Waals surface area contributed by atoms with Crippen molar-refractivity contribution in [3.63, 3.8) is 0 Å². The fourth-order valence-corrected chi connectivity index (χ4v) is 1.77. The normalized spacial score (nSPS) is 12.4. The van der Waals surface area contributed by atoms with E-state index in [9.17, 15) is 4.79 Å². The largest absolute Gasteiger partial charge is 0.457 e. The highest BCUT2D eigenvalue weighted by molar-refractivity contribution is 5.69. The van der Waals surface area contributed by atoms with E-state index in [-0.39, 0.29) is 12.6 Å². The van der Waals surface area contributed by atoms with E-state index >= 15 is 0 Å². The average molecular weight is 274 g/mol. The van der Waals surface area contributed by atoms with E-state index in [0.29, 0.717) is 19.6 Å². The minimum absolute atomic E-state index is 0.175. The van der Waals surface area contributed by atoms with Crippen molar-refractivity contribution >= 4 is 5.97 Å². The first-order chi connectivity index (χ1) is 9.24. The number of unbranched alkanes of at least 4 members (excludes halogenated alkanes) is 5. The number of carbonyl (C=O) groups is 1. The van der Waals surface area contributed by atoms with Crippen molar-refractivity contribution in [3.05, 3.63) is 0 Å². The Morgan fingerprint density at radius 1 is 1.05 bits per heavy atom. The molecule has 0 heterocycles. The SMILES string of the molecule is CCCCCCCCOCC(CO)OC(=O)CCC. The van der Waals surface area contributed by atoms with Gasteiger partial charge in [0.25, 0.3) is 0 Å². The van der Waals surface area contributed by atoms with Crippen molar-refractivity contribution in [1.82, 2.24) is 0 Å². The molecule has 4 nitrogen and oxygen atoms in total. The molecule has 0 aliphatic rings. The number of esters is 1. The Labute approximate surface area is 117 Å². The van der Waals surface area contributed by atoms with Gasteiger partial charge < -0.3 is 14.6 Å². The summed E-state index contributed by atoms with van der Waals surface area (Å²) in [4.78, 5) is 11.3. The molecule has 0 aromatic rings. The van der Waals surface area contributed by atoms with Crippen LogP contribution in [0.5, 0.6) is 0 Å². The third kappa shape index (κ3) is 12.2. The lowest BCUT2D eigenvalue weighted by molar-refractivity contribution is -0.154. The number of ether oxygens (including phenoxy) is 2. The van der Waals surface area contributed by atoms with Crippen LogP contribution in [0.1, 0.15) is 65.2 Å². The first kappa shape index (κ1) is 18.4. The van der Waals surface area contributed by atoms with Crippen LogP contribution in [0.2, 0.25) is 0 Å². The van der Waals surface area contributed by atoms with Gasteiger partial charge in [0.1, 0.15) is 6.10 Å². The van der Waals surface area contributed by atoms with Crippen LogP contribution in [0.4, 0.5) is 0 Å². The molecule has 0 radical (unpaired) electrons. The van der Waals surface area contributed by atoms with Gasteiger partial charge in [0.2, 0.25) is 0 Å². The topological polar surface area (TPSA) is 55.8 Å². The molecule has 1 atom stereocenters. The Bertz CT molecular complexity index is 206. The molecular weight excluding hydrogens is 244 g/mol. The second-order valence-electron chi connectivity index (χ2n) is 4.89. The van der Waals surface area contributed by atoms with Crippen LogP contribution in [-0.4, -0.2) is 37.0 Å². The second kappa shape index (κ2) is 13.8. The molecule has 0 fully saturated rings. The Balaban J connectivity index is 3.43. The molecule has 4 heteroatoms. The summed E-state index contributed by atoms with van der Waals surface area (Å²) in [5.74, 6) is -0.260. The van der Waals surface area contributed by atoms with E-state index in [4.69, 9.17) is 14.6 Å². The lowest BCUT2D eigenvalue weighted by atomic mass is 10.1. The average Bonchev–Trinajstić information content (AvgIpc) is 2.40. The van der Waals surface area contributed by atoms with Gasteiger partial charge in [-0.25, -0.2) is 0 Å². The van der Waals surface area contributed by atoms with Crippen molar-refractivity contribution in [2.75, 3.05) is 19.8 Å². The van der Waals surface area contributed by atoms with E-state index in [0.717, 1.165) is 12.8 Å². The van der Waals surface area contributed by atoms with Gasteiger partial charge in [-0.15, -0.1) is 0 Å². The molecule has 0 amide bonds. The molecular formula is C15H30O4. The van der Waals surface area contributed by atoms with Crippen molar-refractivity contribution in [2.45, 2.75) is 71.3 Å². The molecule has 0 aromatic heterocycles. The molecule has 0 aliphatic heterocycles. The summed E-state index contributed by atoms with van der Waals surface area (Å²) >= 11 is 0. The maximum Gasteiger partial charge on any atom is 0.306 e. The smallest absolute Gasteiger partial charge is 0.306 e. The first-order valence-electron chi connectivity index (χ1n) is 7.62. The Morgan fingerprint density at radius 3 is 2.37 bits per heavy atom. The fourth-order valence-electron chi connectivity index (χ4n) is 1.77. The highest BCUT2D eigenvalue weighted by Gasteiger charge is 2.12. The van der Waals surface area contributed by atoms with Gasteiger partial charge in [-0.2, -0.15) is 0 Å². The Morgan fingerprint density at radius 2 is 1.74 bits per heavy atom. The predicted octanol–water partition coefficient (Wildman–Crippen LogP) is 3.07. The number of aliphatic hydroxyl groups excluding tert-OH is 1. The third-order valence-electron chi connectivity index (χ3n) is 2.90. The summed E-state index contributed by atoms with van der Waals surface area (Å²) in [5.41, 5.74) is 0. The highest BCUT2D eigenvalue weighted by Crippen LogP contribution is 2.05. The van der Waals surface area contributed by atoms with Crippen molar-refractivity contribution < 1.29 is 19.4 Å². The zero-order valence-corrected chi connectivity index (χ0v) is 12.5. The van der Waals surface area contributed by atoms with Crippen LogP contribution >= 0.6 is 0 Å². The summed E-state index contributed by atoms with van der Waals surface area (Å²) in [6, 6.07) is 0. The third-order valence-corrected chi connectivity index (χ3v) is 2.90. The van der Waals surface area contributed by atoms with Crippen LogP contribution in [0.25, 0.3) is 0 Å². The van der Waals surface area contributed by atoms with Crippen LogP contribution in [0.3, 0.4) is 0 Å². The number of hydrogen-bond acceptors (Lipinski definition) is 4. The van der Waals surface area contributed by atoms with E-state index in [1.54, 1.807) is 0 Å². The molecule has 114 valence electrons. The van der Waals surface area contributed by atoms with Gasteiger partial charge in [-0.05, 0) is 12.8 Å². The molecule has 0 saturated carbocycles. The van der Waals surface area contributed by atoms with Gasteiger partial charge in [0, 0.05) is 13.0 Å². The Kier molecular flexibility index (Phi) is 13.4. The number of rotatable bonds is 13. The molecule has 19 heavy (non-hydrogen) atoms. The van der Waals surface area contributed by atoms with E-state index in [2.05, 4.69) is 6.92 Å². The van der Waals surface area contributed by atoms with Gasteiger partial charge in [0.05, 0.1) is 13.2 Å². The number of hydrogen-bond donors (Lipinski definition) is 1. The number of carbonyl (C=O) groups excluding carboxylic acids is 1. The molecule has 0 rings (SSSR count). The minimum atomic E-state index is -0.515. The van der Waals surface area contributed by atoms with E-state index < -0.39 is 6.10 Å². The van der Waals surface area contributed by atoms with Crippen LogP contribution in [0.15, 0.2) is 0 Å². The molecule has 0 aliphatic carbocycles. The molecule has 0 spiro atoms. The quantitative estimate of drug-likeness (QED) is 0.414. The van der Waals surface area contributed by atoms with Crippen molar-refractivity contribution in [2.24, 2.45) is 0 Å².